The normalized spacial score (nSPS) is 20.2. The standard InChI is InChI=1S/C14H21N5OS/c1-2-12-17-19-13(20)7-10(16-14(19)21-12)9-18-6-4-3-5-11(18)8-15/h7,11H,2-6,8-9,15H2,1H3. The van der Waals surface area contributed by atoms with E-state index in [0.29, 0.717) is 24.1 Å². The van der Waals surface area contributed by atoms with Crippen LogP contribution in [-0.4, -0.2) is 38.6 Å². The van der Waals surface area contributed by atoms with Gasteiger partial charge in [0.15, 0.2) is 0 Å². The van der Waals surface area contributed by atoms with Gasteiger partial charge in [0.05, 0.1) is 5.69 Å². The third-order valence-corrected chi connectivity index (χ3v) is 5.08. The zero-order valence-electron chi connectivity index (χ0n) is 12.3. The zero-order valence-corrected chi connectivity index (χ0v) is 13.1. The minimum absolute atomic E-state index is 0.0905. The summed E-state index contributed by atoms with van der Waals surface area (Å²) in [5.74, 6) is 0. The Hall–Kier alpha value is -1.31. The van der Waals surface area contributed by atoms with Crippen LogP contribution in [0, 0.1) is 0 Å². The number of rotatable bonds is 4. The lowest BCUT2D eigenvalue weighted by atomic mass is 10.0. The van der Waals surface area contributed by atoms with Gasteiger partial charge in [0.25, 0.3) is 5.56 Å². The van der Waals surface area contributed by atoms with E-state index in [4.69, 9.17) is 5.73 Å². The molecule has 1 atom stereocenters. The van der Waals surface area contributed by atoms with E-state index in [1.807, 2.05) is 6.92 Å². The van der Waals surface area contributed by atoms with Crippen LogP contribution in [0.4, 0.5) is 0 Å². The van der Waals surface area contributed by atoms with Crippen LogP contribution in [0.25, 0.3) is 4.96 Å². The summed E-state index contributed by atoms with van der Waals surface area (Å²) in [6.07, 6.45) is 4.39. The van der Waals surface area contributed by atoms with Gasteiger partial charge >= 0.3 is 0 Å². The molecule has 0 aliphatic carbocycles. The Labute approximate surface area is 127 Å². The molecule has 2 N–H and O–H groups in total. The molecule has 3 rings (SSSR count). The third kappa shape index (κ3) is 3.00. The van der Waals surface area contributed by atoms with Gasteiger partial charge in [-0.3, -0.25) is 9.69 Å². The van der Waals surface area contributed by atoms with Crippen LogP contribution in [0.1, 0.15) is 36.9 Å². The van der Waals surface area contributed by atoms with Crippen LogP contribution >= 0.6 is 11.3 Å². The van der Waals surface area contributed by atoms with Gasteiger partial charge in [-0.15, -0.1) is 0 Å². The largest absolute Gasteiger partial charge is 0.329 e. The lowest BCUT2D eigenvalue weighted by Crippen LogP contribution is -2.43. The lowest BCUT2D eigenvalue weighted by molar-refractivity contribution is 0.143. The minimum Gasteiger partial charge on any atom is -0.329 e. The van der Waals surface area contributed by atoms with Crippen LogP contribution in [0.3, 0.4) is 0 Å². The maximum atomic E-state index is 12.1. The van der Waals surface area contributed by atoms with Gasteiger partial charge in [0.1, 0.15) is 5.01 Å². The first-order valence-corrected chi connectivity index (χ1v) is 8.35. The maximum Gasteiger partial charge on any atom is 0.275 e. The highest BCUT2D eigenvalue weighted by Gasteiger charge is 2.22. The monoisotopic (exact) mass is 307 g/mol. The summed E-state index contributed by atoms with van der Waals surface area (Å²) in [5, 5.41) is 5.22. The fourth-order valence-electron chi connectivity index (χ4n) is 2.86. The predicted molar refractivity (Wildman–Crippen MR) is 83.6 cm³/mol. The quantitative estimate of drug-likeness (QED) is 0.913. The Morgan fingerprint density at radius 1 is 1.48 bits per heavy atom. The van der Waals surface area contributed by atoms with E-state index in [1.54, 1.807) is 6.07 Å². The number of hydrogen-bond donors (Lipinski definition) is 1. The van der Waals surface area contributed by atoms with E-state index in [1.165, 1.54) is 28.7 Å². The van der Waals surface area contributed by atoms with Crippen molar-refractivity contribution in [3.05, 3.63) is 27.1 Å². The smallest absolute Gasteiger partial charge is 0.275 e. The summed E-state index contributed by atoms with van der Waals surface area (Å²) >= 11 is 1.49. The minimum atomic E-state index is -0.0905. The molecule has 6 nitrogen and oxygen atoms in total. The van der Waals surface area contributed by atoms with E-state index in [-0.39, 0.29) is 5.56 Å². The van der Waals surface area contributed by atoms with Gasteiger partial charge in [-0.1, -0.05) is 24.7 Å². The average molecular weight is 307 g/mol. The number of fused-ring (bicyclic) bond motifs is 1. The highest BCUT2D eigenvalue weighted by Crippen LogP contribution is 2.19. The Balaban J connectivity index is 1.88. The molecule has 2 aromatic heterocycles. The Morgan fingerprint density at radius 3 is 3.10 bits per heavy atom. The number of likely N-dealkylation sites (tertiary alicyclic amines) is 1. The molecular weight excluding hydrogens is 286 g/mol. The van der Waals surface area contributed by atoms with Crippen molar-refractivity contribution >= 4 is 16.3 Å². The fourth-order valence-corrected chi connectivity index (χ4v) is 3.72. The summed E-state index contributed by atoms with van der Waals surface area (Å²) in [4.78, 5) is 19.8. The summed E-state index contributed by atoms with van der Waals surface area (Å²) in [5.41, 5.74) is 6.59. The molecule has 21 heavy (non-hydrogen) atoms. The van der Waals surface area contributed by atoms with Crippen molar-refractivity contribution in [2.45, 2.75) is 45.2 Å². The highest BCUT2D eigenvalue weighted by atomic mass is 32.1. The van der Waals surface area contributed by atoms with Crippen molar-refractivity contribution in [2.75, 3.05) is 13.1 Å². The SMILES string of the molecule is CCc1nn2c(=O)cc(CN3CCCCC3CN)nc2s1. The summed E-state index contributed by atoms with van der Waals surface area (Å²) in [6, 6.07) is 2.01. The number of aryl methyl sites for hydroxylation is 1. The number of hydrogen-bond acceptors (Lipinski definition) is 6. The second-order valence-electron chi connectivity index (χ2n) is 5.49. The molecule has 0 spiro atoms. The number of piperidine rings is 1. The zero-order chi connectivity index (χ0) is 14.8. The van der Waals surface area contributed by atoms with Crippen molar-refractivity contribution < 1.29 is 0 Å². The summed E-state index contributed by atoms with van der Waals surface area (Å²) in [6.45, 7) is 4.43. The Kier molecular flexibility index (Phi) is 4.32. The molecule has 3 heterocycles. The van der Waals surface area contributed by atoms with Crippen molar-refractivity contribution in [3.8, 4) is 0 Å². The van der Waals surface area contributed by atoms with Crippen LogP contribution < -0.4 is 11.3 Å². The molecule has 1 aliphatic heterocycles. The van der Waals surface area contributed by atoms with Crippen molar-refractivity contribution in [3.63, 3.8) is 0 Å². The number of nitrogens with zero attached hydrogens (tertiary/aromatic N) is 4. The van der Waals surface area contributed by atoms with Crippen molar-refractivity contribution in [1.82, 2.24) is 19.5 Å². The second kappa shape index (κ2) is 6.21. The molecule has 0 bridgehead atoms. The first kappa shape index (κ1) is 14.6. The molecule has 1 saturated heterocycles. The van der Waals surface area contributed by atoms with Crippen LogP contribution in [0.15, 0.2) is 10.9 Å². The van der Waals surface area contributed by atoms with Crippen LogP contribution in [-0.2, 0) is 13.0 Å². The molecule has 0 radical (unpaired) electrons. The lowest BCUT2D eigenvalue weighted by Gasteiger charge is -2.34. The molecule has 0 saturated carbocycles. The van der Waals surface area contributed by atoms with E-state index in [9.17, 15) is 4.79 Å². The summed E-state index contributed by atoms with van der Waals surface area (Å²) in [7, 11) is 0. The molecule has 1 aliphatic rings. The molecule has 7 heteroatoms. The van der Waals surface area contributed by atoms with Crippen molar-refractivity contribution in [2.24, 2.45) is 5.73 Å². The molecule has 0 aromatic carbocycles. The van der Waals surface area contributed by atoms with Gasteiger partial charge in [0.2, 0.25) is 4.96 Å². The topological polar surface area (TPSA) is 76.5 Å². The predicted octanol–water partition coefficient (Wildman–Crippen LogP) is 1.03. The van der Waals surface area contributed by atoms with Crippen molar-refractivity contribution in [1.29, 1.82) is 0 Å². The van der Waals surface area contributed by atoms with Crippen LogP contribution in [0.2, 0.25) is 0 Å². The molecule has 1 unspecified atom stereocenters. The molecule has 1 fully saturated rings. The first-order valence-electron chi connectivity index (χ1n) is 7.54. The highest BCUT2D eigenvalue weighted by molar-refractivity contribution is 7.16. The number of aromatic nitrogens is 3. The van der Waals surface area contributed by atoms with Crippen LogP contribution in [0.5, 0.6) is 0 Å². The summed E-state index contributed by atoms with van der Waals surface area (Å²) < 4.78 is 1.41. The van der Waals surface area contributed by atoms with Gasteiger partial charge in [0, 0.05) is 25.2 Å². The van der Waals surface area contributed by atoms with Gasteiger partial charge in [-0.2, -0.15) is 9.61 Å². The second-order valence-corrected chi connectivity index (χ2v) is 6.53. The van der Waals surface area contributed by atoms with E-state index < -0.39 is 0 Å². The Morgan fingerprint density at radius 2 is 2.33 bits per heavy atom. The molecular formula is C14H21N5OS. The number of nitrogens with two attached hydrogens (primary N) is 1. The Bertz CT molecular complexity index is 680. The van der Waals surface area contributed by atoms with E-state index in [0.717, 1.165) is 30.1 Å². The third-order valence-electron chi connectivity index (χ3n) is 4.03. The van der Waals surface area contributed by atoms with E-state index in [2.05, 4.69) is 15.0 Å². The molecule has 2 aromatic rings. The van der Waals surface area contributed by atoms with Gasteiger partial charge < -0.3 is 5.73 Å². The fraction of sp³-hybridized carbons (Fsp3) is 0.643. The van der Waals surface area contributed by atoms with Gasteiger partial charge in [-0.25, -0.2) is 4.98 Å². The average Bonchev–Trinajstić information content (AvgIpc) is 2.91. The maximum absolute atomic E-state index is 12.1. The van der Waals surface area contributed by atoms with Gasteiger partial charge in [-0.05, 0) is 25.8 Å². The molecule has 0 amide bonds. The molecule has 114 valence electrons. The first-order chi connectivity index (χ1) is 10.2. The van der Waals surface area contributed by atoms with E-state index >= 15 is 0 Å².